The molecule has 0 aliphatic carbocycles. The van der Waals surface area contributed by atoms with E-state index < -0.39 is 33.9 Å². The van der Waals surface area contributed by atoms with Gasteiger partial charge in [-0.2, -0.15) is 8.42 Å². The molecule has 0 spiro atoms. The minimum absolute atomic E-state index is 0.0394. The zero-order valence-electron chi connectivity index (χ0n) is 19.3. The molecule has 2 rings (SSSR count). The third-order valence-corrected chi connectivity index (χ3v) is 5.36. The van der Waals surface area contributed by atoms with Crippen molar-refractivity contribution in [1.82, 2.24) is 14.8 Å². The molecule has 1 N–H and O–H groups in total. The van der Waals surface area contributed by atoms with Gasteiger partial charge in [0.2, 0.25) is 0 Å². The van der Waals surface area contributed by atoms with Crippen molar-refractivity contribution in [3.8, 4) is 0 Å². The van der Waals surface area contributed by atoms with Gasteiger partial charge >= 0.3 is 12.1 Å². The van der Waals surface area contributed by atoms with E-state index in [0.29, 0.717) is 24.2 Å². The summed E-state index contributed by atoms with van der Waals surface area (Å²) in [7, 11) is -1.24. The van der Waals surface area contributed by atoms with Gasteiger partial charge in [0, 0.05) is 38.3 Å². The minimum Gasteiger partial charge on any atom is -0.467 e. The number of hydrogen-bond acceptors (Lipinski definition) is 8. The summed E-state index contributed by atoms with van der Waals surface area (Å²) < 4.78 is 37.6. The van der Waals surface area contributed by atoms with Crippen LogP contribution in [0.1, 0.15) is 48.8 Å². The van der Waals surface area contributed by atoms with Crippen LogP contribution in [0.4, 0.5) is 4.79 Å². The molecule has 1 aromatic heterocycles. The van der Waals surface area contributed by atoms with Crippen molar-refractivity contribution in [2.24, 2.45) is 0 Å². The standard InChI is InChI=1S/C20H31N3O8S/c1-20(2,3)30-19(26)23-10-7-13-11-21-16(14(13)12-23)17(24)22(4)9-8-15(18(25)29-5)31-32(6,27)28/h11,15,21H,7-10,12H2,1-6H3. The van der Waals surface area contributed by atoms with Crippen LogP contribution in [0.5, 0.6) is 0 Å². The van der Waals surface area contributed by atoms with E-state index in [9.17, 15) is 22.8 Å². The number of aromatic nitrogens is 1. The summed E-state index contributed by atoms with van der Waals surface area (Å²) in [5.74, 6) is -1.21. The fraction of sp³-hybridized carbons (Fsp3) is 0.650. The third-order valence-electron chi connectivity index (χ3n) is 4.77. The molecule has 1 aromatic rings. The van der Waals surface area contributed by atoms with Crippen LogP contribution in [0.25, 0.3) is 0 Å². The molecule has 32 heavy (non-hydrogen) atoms. The van der Waals surface area contributed by atoms with Gasteiger partial charge in [0.15, 0.2) is 6.10 Å². The second-order valence-corrected chi connectivity index (χ2v) is 10.2. The van der Waals surface area contributed by atoms with Crippen LogP contribution in [0.2, 0.25) is 0 Å². The zero-order valence-corrected chi connectivity index (χ0v) is 20.1. The number of carbonyl (C=O) groups is 3. The Bertz CT molecular complexity index is 964. The van der Waals surface area contributed by atoms with Crippen LogP contribution in [0, 0.1) is 0 Å². The number of rotatable bonds is 7. The Morgan fingerprint density at radius 2 is 1.94 bits per heavy atom. The molecule has 0 bridgehead atoms. The molecule has 11 nitrogen and oxygen atoms in total. The molecule has 0 fully saturated rings. The highest BCUT2D eigenvalue weighted by Gasteiger charge is 2.31. The molecular weight excluding hydrogens is 442 g/mol. The van der Waals surface area contributed by atoms with Crippen molar-refractivity contribution in [2.45, 2.75) is 51.9 Å². The largest absolute Gasteiger partial charge is 0.467 e. The maximum Gasteiger partial charge on any atom is 0.410 e. The lowest BCUT2D eigenvalue weighted by Crippen LogP contribution is -2.40. The summed E-state index contributed by atoms with van der Waals surface area (Å²) in [5, 5.41) is 0. The Morgan fingerprint density at radius 3 is 2.50 bits per heavy atom. The molecule has 2 heterocycles. The van der Waals surface area contributed by atoms with Crippen LogP contribution in [-0.4, -0.2) is 86.4 Å². The van der Waals surface area contributed by atoms with Crippen molar-refractivity contribution in [1.29, 1.82) is 0 Å². The Hall–Kier alpha value is -2.60. The summed E-state index contributed by atoms with van der Waals surface area (Å²) in [6.07, 6.45) is 1.27. The molecule has 1 aliphatic heterocycles. The summed E-state index contributed by atoms with van der Waals surface area (Å²) in [6.45, 7) is 6.11. The van der Waals surface area contributed by atoms with Gasteiger partial charge in [0.05, 0.1) is 19.9 Å². The van der Waals surface area contributed by atoms with Gasteiger partial charge in [-0.05, 0) is 32.8 Å². The Morgan fingerprint density at radius 1 is 1.28 bits per heavy atom. The average molecular weight is 474 g/mol. The highest BCUT2D eigenvalue weighted by Crippen LogP contribution is 2.25. The van der Waals surface area contributed by atoms with E-state index in [2.05, 4.69) is 9.72 Å². The SMILES string of the molecule is COC(=O)C(CCN(C)C(=O)c1[nH]cc2c1CN(C(=O)OC(C)(C)C)CC2)OS(C)(=O)=O. The summed E-state index contributed by atoms with van der Waals surface area (Å²) in [4.78, 5) is 43.1. The van der Waals surface area contributed by atoms with Crippen molar-refractivity contribution in [3.05, 3.63) is 23.0 Å². The van der Waals surface area contributed by atoms with E-state index in [4.69, 9.17) is 8.92 Å². The smallest absolute Gasteiger partial charge is 0.410 e. The highest BCUT2D eigenvalue weighted by molar-refractivity contribution is 7.86. The molecule has 12 heteroatoms. The first kappa shape index (κ1) is 25.7. The predicted octanol–water partition coefficient (Wildman–Crippen LogP) is 1.29. The molecule has 0 radical (unpaired) electrons. The minimum atomic E-state index is -3.89. The number of methoxy groups -OCH3 is 1. The zero-order chi connectivity index (χ0) is 24.3. The number of nitrogens with one attached hydrogen (secondary N) is 1. The molecular formula is C20H31N3O8S. The van der Waals surface area contributed by atoms with Gasteiger partial charge in [-0.1, -0.05) is 0 Å². The van der Waals surface area contributed by atoms with Gasteiger partial charge in [0.25, 0.3) is 16.0 Å². The van der Waals surface area contributed by atoms with Crippen LogP contribution in [0.3, 0.4) is 0 Å². The maximum atomic E-state index is 13.0. The highest BCUT2D eigenvalue weighted by atomic mass is 32.2. The van der Waals surface area contributed by atoms with E-state index in [1.165, 1.54) is 11.9 Å². The lowest BCUT2D eigenvalue weighted by molar-refractivity contribution is -0.149. The first-order valence-corrected chi connectivity index (χ1v) is 11.9. The number of aromatic amines is 1. The van der Waals surface area contributed by atoms with Crippen molar-refractivity contribution in [2.75, 3.05) is 33.5 Å². The Balaban J connectivity index is 2.09. The average Bonchev–Trinajstić information content (AvgIpc) is 3.10. The number of hydrogen-bond donors (Lipinski definition) is 1. The van der Waals surface area contributed by atoms with Crippen molar-refractivity contribution in [3.63, 3.8) is 0 Å². The number of fused-ring (bicyclic) bond motifs is 1. The summed E-state index contributed by atoms with van der Waals surface area (Å²) in [6, 6.07) is 0. The molecule has 180 valence electrons. The molecule has 1 unspecified atom stereocenters. The fourth-order valence-electron chi connectivity index (χ4n) is 3.25. The second kappa shape index (κ2) is 9.90. The second-order valence-electron chi connectivity index (χ2n) is 8.65. The van der Waals surface area contributed by atoms with E-state index in [1.54, 1.807) is 31.9 Å². The number of carbonyl (C=O) groups excluding carboxylic acids is 3. The van der Waals surface area contributed by atoms with E-state index in [0.717, 1.165) is 18.9 Å². The first-order chi connectivity index (χ1) is 14.7. The number of esters is 1. The lowest BCUT2D eigenvalue weighted by Gasteiger charge is -2.30. The van der Waals surface area contributed by atoms with Crippen LogP contribution < -0.4 is 0 Å². The number of ether oxygens (including phenoxy) is 2. The molecule has 1 aliphatic rings. The first-order valence-electron chi connectivity index (χ1n) is 10.1. The molecule has 0 aromatic carbocycles. The molecule has 1 atom stereocenters. The van der Waals surface area contributed by atoms with Crippen LogP contribution in [-0.2, 0) is 41.5 Å². The molecule has 0 saturated carbocycles. The number of amides is 2. The van der Waals surface area contributed by atoms with Gasteiger partial charge in [0.1, 0.15) is 11.3 Å². The predicted molar refractivity (Wildman–Crippen MR) is 114 cm³/mol. The third kappa shape index (κ3) is 6.95. The molecule has 2 amide bonds. The number of nitrogens with zero attached hydrogens (tertiary/aromatic N) is 2. The van der Waals surface area contributed by atoms with Crippen molar-refractivity contribution < 1.29 is 36.5 Å². The van der Waals surface area contributed by atoms with E-state index in [-0.39, 0.29) is 25.4 Å². The Kier molecular flexibility index (Phi) is 7.94. The summed E-state index contributed by atoms with van der Waals surface area (Å²) >= 11 is 0. The van der Waals surface area contributed by atoms with Crippen LogP contribution in [0.15, 0.2) is 6.20 Å². The van der Waals surface area contributed by atoms with Gasteiger partial charge in [-0.3, -0.25) is 8.98 Å². The lowest BCUT2D eigenvalue weighted by atomic mass is 10.0. The van der Waals surface area contributed by atoms with E-state index >= 15 is 0 Å². The maximum absolute atomic E-state index is 13.0. The summed E-state index contributed by atoms with van der Waals surface area (Å²) in [5.41, 5.74) is 1.35. The number of H-pyrrole nitrogens is 1. The monoisotopic (exact) mass is 473 g/mol. The van der Waals surface area contributed by atoms with Gasteiger partial charge in [-0.25, -0.2) is 9.59 Å². The van der Waals surface area contributed by atoms with Crippen LogP contribution >= 0.6 is 0 Å². The van der Waals surface area contributed by atoms with E-state index in [1.807, 2.05) is 0 Å². The molecule has 0 saturated heterocycles. The fourth-order valence-corrected chi connectivity index (χ4v) is 3.84. The van der Waals surface area contributed by atoms with Crippen molar-refractivity contribution >= 4 is 28.1 Å². The Labute approximate surface area is 188 Å². The van der Waals surface area contributed by atoms with Gasteiger partial charge in [-0.15, -0.1) is 0 Å². The topological polar surface area (TPSA) is 135 Å². The quantitative estimate of drug-likeness (QED) is 0.462. The van der Waals surface area contributed by atoms with Gasteiger partial charge < -0.3 is 24.3 Å². The normalized spacial score (nSPS) is 15.0.